The highest BCUT2D eigenvalue weighted by molar-refractivity contribution is 5.77. The van der Waals surface area contributed by atoms with Crippen LogP contribution in [0.1, 0.15) is 18.2 Å². The van der Waals surface area contributed by atoms with Gasteiger partial charge in [0.25, 0.3) is 0 Å². The number of aryl methyl sites for hydroxylation is 2. The second kappa shape index (κ2) is 4.72. The fraction of sp³-hybridized carbons (Fsp3) is 0.357. The summed E-state index contributed by atoms with van der Waals surface area (Å²) in [6.07, 6.45) is 0.927. The zero-order valence-corrected chi connectivity index (χ0v) is 11.3. The molecule has 0 bridgehead atoms. The van der Waals surface area contributed by atoms with Gasteiger partial charge < -0.3 is 10.5 Å². The number of nitrogens with zero attached hydrogens (tertiary/aromatic N) is 2. The average Bonchev–Trinajstić information content (AvgIpc) is 2.62. The van der Waals surface area contributed by atoms with Gasteiger partial charge in [-0.1, -0.05) is 13.0 Å². The molecule has 0 saturated heterocycles. The lowest BCUT2D eigenvalue weighted by molar-refractivity contribution is 0.410. The van der Waals surface area contributed by atoms with E-state index >= 15 is 0 Å². The smallest absolute Gasteiger partial charge is 0.153 e. The Labute approximate surface area is 107 Å². The summed E-state index contributed by atoms with van der Waals surface area (Å²) in [6, 6.07) is 6.14. The molecule has 0 saturated carbocycles. The van der Waals surface area contributed by atoms with Crippen molar-refractivity contribution in [1.29, 1.82) is 0 Å². The van der Waals surface area contributed by atoms with Crippen LogP contribution in [0.25, 0.3) is 11.1 Å². The Hall–Kier alpha value is -1.97. The van der Waals surface area contributed by atoms with Crippen LogP contribution in [-0.4, -0.2) is 16.9 Å². The molecule has 2 N–H and O–H groups in total. The van der Waals surface area contributed by atoms with E-state index in [2.05, 4.69) is 18.1 Å². The molecule has 2 rings (SSSR count). The van der Waals surface area contributed by atoms with E-state index < -0.39 is 0 Å². The van der Waals surface area contributed by atoms with Crippen molar-refractivity contribution in [2.24, 2.45) is 7.05 Å². The van der Waals surface area contributed by atoms with Crippen molar-refractivity contribution in [2.75, 3.05) is 12.8 Å². The zero-order valence-electron chi connectivity index (χ0n) is 11.3. The Bertz CT molecular complexity index is 573. The predicted molar refractivity (Wildman–Crippen MR) is 73.7 cm³/mol. The molecule has 0 atom stereocenters. The summed E-state index contributed by atoms with van der Waals surface area (Å²) in [5.74, 6) is 1.49. The van der Waals surface area contributed by atoms with Gasteiger partial charge in [-0.2, -0.15) is 5.10 Å². The van der Waals surface area contributed by atoms with E-state index in [-0.39, 0.29) is 0 Å². The van der Waals surface area contributed by atoms with E-state index in [1.165, 1.54) is 5.56 Å². The van der Waals surface area contributed by atoms with Gasteiger partial charge in [0.2, 0.25) is 0 Å². The monoisotopic (exact) mass is 245 g/mol. The van der Waals surface area contributed by atoms with Crippen LogP contribution in [0.3, 0.4) is 0 Å². The number of hydrogen-bond donors (Lipinski definition) is 1. The second-order valence-corrected chi connectivity index (χ2v) is 4.35. The van der Waals surface area contributed by atoms with Gasteiger partial charge in [-0.15, -0.1) is 0 Å². The quantitative estimate of drug-likeness (QED) is 0.904. The summed E-state index contributed by atoms with van der Waals surface area (Å²) < 4.78 is 7.15. The first-order valence-electron chi connectivity index (χ1n) is 6.04. The normalized spacial score (nSPS) is 10.7. The lowest BCUT2D eigenvalue weighted by Crippen LogP contribution is -1.94. The van der Waals surface area contributed by atoms with E-state index in [9.17, 15) is 0 Å². The van der Waals surface area contributed by atoms with Crippen molar-refractivity contribution in [3.8, 4) is 16.9 Å². The lowest BCUT2D eigenvalue weighted by Gasteiger charge is -2.09. The van der Waals surface area contributed by atoms with E-state index in [0.717, 1.165) is 29.0 Å². The number of rotatable bonds is 3. The Morgan fingerprint density at radius 3 is 2.61 bits per heavy atom. The van der Waals surface area contributed by atoms with Crippen LogP contribution in [0.2, 0.25) is 0 Å². The Morgan fingerprint density at radius 1 is 1.39 bits per heavy atom. The summed E-state index contributed by atoms with van der Waals surface area (Å²) in [4.78, 5) is 0. The molecule has 0 amide bonds. The molecule has 4 heteroatoms. The maximum Gasteiger partial charge on any atom is 0.153 e. The standard InChI is InChI=1S/C14H19N3O/c1-5-10-8-11(6-7-12(10)18-4)13-9(2)17(3)16-14(13)15/h6-8H,5H2,1-4H3,(H2,15,16). The number of ether oxygens (including phenoxy) is 1. The van der Waals surface area contributed by atoms with Crippen LogP contribution in [0.5, 0.6) is 5.75 Å². The summed E-state index contributed by atoms with van der Waals surface area (Å²) in [5.41, 5.74) is 10.3. The number of anilines is 1. The van der Waals surface area contributed by atoms with Crippen LogP contribution in [0, 0.1) is 6.92 Å². The molecule has 0 spiro atoms. The largest absolute Gasteiger partial charge is 0.496 e. The summed E-state index contributed by atoms with van der Waals surface area (Å²) >= 11 is 0. The number of methoxy groups -OCH3 is 1. The highest BCUT2D eigenvalue weighted by Crippen LogP contribution is 2.32. The molecule has 0 aliphatic heterocycles. The highest BCUT2D eigenvalue weighted by atomic mass is 16.5. The van der Waals surface area contributed by atoms with Crippen molar-refractivity contribution in [3.05, 3.63) is 29.5 Å². The molecule has 18 heavy (non-hydrogen) atoms. The number of nitrogens with two attached hydrogens (primary N) is 1. The molecule has 4 nitrogen and oxygen atoms in total. The van der Waals surface area contributed by atoms with E-state index in [4.69, 9.17) is 10.5 Å². The molecule has 0 unspecified atom stereocenters. The molecular formula is C14H19N3O. The van der Waals surface area contributed by atoms with Crippen molar-refractivity contribution >= 4 is 5.82 Å². The van der Waals surface area contributed by atoms with Gasteiger partial charge in [0.05, 0.1) is 7.11 Å². The number of aromatic nitrogens is 2. The molecule has 1 aromatic heterocycles. The third kappa shape index (κ3) is 1.94. The fourth-order valence-corrected chi connectivity index (χ4v) is 2.20. The first-order valence-corrected chi connectivity index (χ1v) is 6.04. The number of hydrogen-bond acceptors (Lipinski definition) is 3. The van der Waals surface area contributed by atoms with Crippen LogP contribution in [-0.2, 0) is 13.5 Å². The Balaban J connectivity index is 2.58. The van der Waals surface area contributed by atoms with Gasteiger partial charge in [0, 0.05) is 18.3 Å². The van der Waals surface area contributed by atoms with E-state index in [1.807, 2.05) is 26.1 Å². The summed E-state index contributed by atoms with van der Waals surface area (Å²) in [5, 5.41) is 4.25. The molecule has 1 aromatic carbocycles. The van der Waals surface area contributed by atoms with Crippen LogP contribution in [0.15, 0.2) is 18.2 Å². The molecule has 96 valence electrons. The Kier molecular flexibility index (Phi) is 3.28. The number of nitrogen functional groups attached to an aromatic ring is 1. The summed E-state index contributed by atoms with van der Waals surface area (Å²) in [7, 11) is 3.59. The van der Waals surface area contributed by atoms with Gasteiger partial charge in [-0.05, 0) is 36.6 Å². The van der Waals surface area contributed by atoms with E-state index in [1.54, 1.807) is 11.8 Å². The molecule has 0 fully saturated rings. The van der Waals surface area contributed by atoms with E-state index in [0.29, 0.717) is 5.82 Å². The molecule has 0 radical (unpaired) electrons. The minimum atomic E-state index is 0.571. The topological polar surface area (TPSA) is 53.1 Å². The minimum absolute atomic E-state index is 0.571. The first kappa shape index (κ1) is 12.5. The average molecular weight is 245 g/mol. The SMILES string of the molecule is CCc1cc(-c2c(N)nn(C)c2C)ccc1OC. The third-order valence-electron chi connectivity index (χ3n) is 3.31. The van der Waals surface area contributed by atoms with Crippen LogP contribution >= 0.6 is 0 Å². The lowest BCUT2D eigenvalue weighted by atomic mass is 10.0. The fourth-order valence-electron chi connectivity index (χ4n) is 2.20. The Morgan fingerprint density at radius 2 is 2.11 bits per heavy atom. The van der Waals surface area contributed by atoms with Crippen molar-refractivity contribution < 1.29 is 4.74 Å². The molecule has 1 heterocycles. The second-order valence-electron chi connectivity index (χ2n) is 4.35. The van der Waals surface area contributed by atoms with Crippen LogP contribution in [0.4, 0.5) is 5.82 Å². The van der Waals surface area contributed by atoms with Crippen LogP contribution < -0.4 is 10.5 Å². The van der Waals surface area contributed by atoms with Gasteiger partial charge in [0.1, 0.15) is 5.75 Å². The van der Waals surface area contributed by atoms with Crippen molar-refractivity contribution in [2.45, 2.75) is 20.3 Å². The third-order valence-corrected chi connectivity index (χ3v) is 3.31. The maximum absolute atomic E-state index is 5.97. The van der Waals surface area contributed by atoms with Crippen molar-refractivity contribution in [3.63, 3.8) is 0 Å². The maximum atomic E-state index is 5.97. The molecule has 0 aliphatic carbocycles. The molecule has 0 aliphatic rings. The van der Waals surface area contributed by atoms with Gasteiger partial charge in [-0.3, -0.25) is 4.68 Å². The van der Waals surface area contributed by atoms with Gasteiger partial charge in [-0.25, -0.2) is 0 Å². The highest BCUT2D eigenvalue weighted by Gasteiger charge is 2.13. The van der Waals surface area contributed by atoms with Crippen molar-refractivity contribution in [1.82, 2.24) is 9.78 Å². The molecular weight excluding hydrogens is 226 g/mol. The predicted octanol–water partition coefficient (Wildman–Crippen LogP) is 2.55. The zero-order chi connectivity index (χ0) is 13.3. The minimum Gasteiger partial charge on any atom is -0.496 e. The summed E-state index contributed by atoms with van der Waals surface area (Å²) in [6.45, 7) is 4.13. The number of benzene rings is 1. The molecule has 2 aromatic rings. The first-order chi connectivity index (χ1) is 8.58. The van der Waals surface area contributed by atoms with Gasteiger partial charge >= 0.3 is 0 Å². The van der Waals surface area contributed by atoms with Gasteiger partial charge in [0.15, 0.2) is 5.82 Å².